The Kier molecular flexibility index (Phi) is 7.55. The number of nitrogens with zero attached hydrogens (tertiary/aromatic N) is 4. The van der Waals surface area contributed by atoms with Crippen molar-refractivity contribution in [3.8, 4) is 45.3 Å². The van der Waals surface area contributed by atoms with Crippen LogP contribution in [0.4, 0.5) is 17.6 Å². The maximum Gasteiger partial charge on any atom is 0.573 e. The van der Waals surface area contributed by atoms with Crippen LogP contribution < -0.4 is 4.74 Å². The van der Waals surface area contributed by atoms with Crippen LogP contribution in [0.1, 0.15) is 22.8 Å². The van der Waals surface area contributed by atoms with Crippen molar-refractivity contribution < 1.29 is 35.8 Å². The molecule has 0 radical (unpaired) electrons. The summed E-state index contributed by atoms with van der Waals surface area (Å²) in [5, 5.41) is 15.1. The number of alkyl halides is 4. The highest BCUT2D eigenvalue weighted by molar-refractivity contribution is 7.90. The van der Waals surface area contributed by atoms with Crippen LogP contribution in [-0.4, -0.2) is 45.5 Å². The minimum absolute atomic E-state index is 0.320. The van der Waals surface area contributed by atoms with Crippen LogP contribution in [0.5, 0.6) is 11.5 Å². The predicted octanol–water partition coefficient (Wildman–Crippen LogP) is 6.79. The molecule has 0 aliphatic heterocycles. The summed E-state index contributed by atoms with van der Waals surface area (Å²) in [7, 11) is -3.88. The van der Waals surface area contributed by atoms with Crippen molar-refractivity contribution in [2.24, 2.45) is 0 Å². The lowest BCUT2D eigenvalue weighted by atomic mass is 9.98. The molecule has 0 atom stereocenters. The van der Waals surface area contributed by atoms with Crippen LogP contribution in [-0.2, 0) is 16.5 Å². The van der Waals surface area contributed by atoms with Gasteiger partial charge >= 0.3 is 6.36 Å². The van der Waals surface area contributed by atoms with Crippen molar-refractivity contribution in [3.05, 3.63) is 89.6 Å². The molecule has 2 heterocycles. The van der Waals surface area contributed by atoms with Gasteiger partial charge in [0.1, 0.15) is 24.0 Å². The van der Waals surface area contributed by atoms with Gasteiger partial charge < -0.3 is 14.4 Å². The first-order chi connectivity index (χ1) is 20.1. The Bertz CT molecular complexity index is 1950. The number of sulfone groups is 1. The quantitative estimate of drug-likeness (QED) is 0.203. The van der Waals surface area contributed by atoms with Crippen molar-refractivity contribution in [3.63, 3.8) is 0 Å². The number of hydrogen-bond acceptors (Lipinski definition) is 6. The molecule has 13 heteroatoms. The van der Waals surface area contributed by atoms with Gasteiger partial charge in [-0.1, -0.05) is 6.07 Å². The average molecular weight is 615 g/mol. The molecular formula is C30H26F4N4O4S. The van der Waals surface area contributed by atoms with E-state index in [0.29, 0.717) is 45.3 Å². The second-order valence-electron chi connectivity index (χ2n) is 10.0. The molecule has 3 aromatic carbocycles. The van der Waals surface area contributed by atoms with E-state index in [4.69, 9.17) is 0 Å². The van der Waals surface area contributed by atoms with E-state index >= 15 is 0 Å². The predicted molar refractivity (Wildman–Crippen MR) is 152 cm³/mol. The van der Waals surface area contributed by atoms with Gasteiger partial charge in [-0.25, -0.2) is 22.5 Å². The first-order valence-electron chi connectivity index (χ1n) is 12.9. The number of aryl methyl sites for hydroxylation is 3. The van der Waals surface area contributed by atoms with Gasteiger partial charge in [0.05, 0.1) is 33.4 Å². The molecule has 0 aliphatic carbocycles. The largest absolute Gasteiger partial charge is 0.573 e. The Morgan fingerprint density at radius 3 is 2.21 bits per heavy atom. The van der Waals surface area contributed by atoms with E-state index in [-0.39, 0.29) is 16.2 Å². The average Bonchev–Trinajstić information content (AvgIpc) is 3.47. The van der Waals surface area contributed by atoms with E-state index in [1.165, 1.54) is 36.4 Å². The van der Waals surface area contributed by atoms with Crippen LogP contribution in [0, 0.1) is 20.8 Å². The highest BCUT2D eigenvalue weighted by atomic mass is 32.2. The van der Waals surface area contributed by atoms with Crippen molar-refractivity contribution in [1.82, 2.24) is 19.3 Å². The topological polar surface area (TPSA) is 99.2 Å². The molecule has 8 nitrogen and oxygen atoms in total. The number of rotatable bonds is 7. The number of ether oxygens (including phenoxy) is 1. The molecule has 5 rings (SSSR count). The van der Waals surface area contributed by atoms with Gasteiger partial charge in [0, 0.05) is 23.6 Å². The maximum atomic E-state index is 13.7. The lowest BCUT2D eigenvalue weighted by Crippen LogP contribution is -2.17. The van der Waals surface area contributed by atoms with Gasteiger partial charge in [-0.15, -0.1) is 13.2 Å². The van der Waals surface area contributed by atoms with Gasteiger partial charge in [-0.05, 0) is 86.5 Å². The lowest BCUT2D eigenvalue weighted by molar-refractivity contribution is -0.274. The molecule has 224 valence electrons. The van der Waals surface area contributed by atoms with E-state index in [1.54, 1.807) is 35.9 Å². The second-order valence-corrected chi connectivity index (χ2v) is 12.0. The van der Waals surface area contributed by atoms with Crippen molar-refractivity contribution >= 4 is 9.84 Å². The zero-order valence-corrected chi connectivity index (χ0v) is 24.3. The van der Waals surface area contributed by atoms with Gasteiger partial charge in [0.25, 0.3) is 0 Å². The number of phenols is 1. The third-order valence-electron chi connectivity index (χ3n) is 6.73. The summed E-state index contributed by atoms with van der Waals surface area (Å²) >= 11 is 0. The van der Waals surface area contributed by atoms with E-state index < -0.39 is 28.6 Å². The normalized spacial score (nSPS) is 12.1. The highest BCUT2D eigenvalue weighted by Gasteiger charge is 2.31. The van der Waals surface area contributed by atoms with Crippen LogP contribution in [0.15, 0.2) is 71.8 Å². The van der Waals surface area contributed by atoms with Gasteiger partial charge in [-0.2, -0.15) is 5.10 Å². The molecule has 0 saturated heterocycles. The fourth-order valence-electron chi connectivity index (χ4n) is 4.93. The number of halogens is 4. The molecule has 0 fully saturated rings. The molecular weight excluding hydrogens is 588 g/mol. The minimum atomic E-state index is -4.83. The fraction of sp³-hybridized carbons (Fsp3) is 0.200. The van der Waals surface area contributed by atoms with Gasteiger partial charge in [-0.3, -0.25) is 0 Å². The van der Waals surface area contributed by atoms with E-state index in [0.717, 1.165) is 11.9 Å². The molecule has 0 amide bonds. The van der Waals surface area contributed by atoms with Crippen LogP contribution >= 0.6 is 0 Å². The highest BCUT2D eigenvalue weighted by Crippen LogP contribution is 2.38. The Labute approximate surface area is 244 Å². The van der Waals surface area contributed by atoms with E-state index in [2.05, 4.69) is 14.8 Å². The summed E-state index contributed by atoms with van der Waals surface area (Å²) < 4.78 is 84.2. The summed E-state index contributed by atoms with van der Waals surface area (Å²) in [4.78, 5) is 4.18. The van der Waals surface area contributed by atoms with E-state index in [9.17, 15) is 31.1 Å². The van der Waals surface area contributed by atoms with Crippen LogP contribution in [0.3, 0.4) is 0 Å². The third kappa shape index (κ3) is 6.12. The number of aromatic hydroxyl groups is 1. The molecule has 0 spiro atoms. The Morgan fingerprint density at radius 2 is 1.63 bits per heavy atom. The Hall–Kier alpha value is -4.65. The first-order valence-corrected chi connectivity index (χ1v) is 14.8. The number of aromatic nitrogens is 4. The van der Waals surface area contributed by atoms with E-state index in [1.807, 2.05) is 24.6 Å². The number of imidazole rings is 1. The van der Waals surface area contributed by atoms with Crippen LogP contribution in [0.25, 0.3) is 33.8 Å². The maximum absolute atomic E-state index is 13.7. The summed E-state index contributed by atoms with van der Waals surface area (Å²) in [5.74, 6) is -0.187. The second kappa shape index (κ2) is 10.9. The van der Waals surface area contributed by atoms with Gasteiger partial charge in [0.2, 0.25) is 0 Å². The number of phenolic OH excluding ortho intramolecular Hbond substituents is 1. The SMILES string of the molecule is Cc1cn(-c2ccc(-c3cc(O)c(CF)c(S(C)(=O)=O)c3)cc2-c2cc(C)nn2-c2ccc(OC(F)(F)F)cc2)c(C)n1. The smallest absolute Gasteiger partial charge is 0.508 e. The van der Waals surface area contributed by atoms with Gasteiger partial charge in [0.15, 0.2) is 9.84 Å². The molecule has 1 N–H and O–H groups in total. The summed E-state index contributed by atoms with van der Waals surface area (Å²) in [6.07, 6.45) is -2.05. The minimum Gasteiger partial charge on any atom is -0.508 e. The Balaban J connectivity index is 1.73. The third-order valence-corrected chi connectivity index (χ3v) is 7.90. The number of benzene rings is 3. The molecule has 0 saturated carbocycles. The number of hydrogen-bond donors (Lipinski definition) is 1. The zero-order chi connectivity index (χ0) is 31.3. The first kappa shape index (κ1) is 29.8. The zero-order valence-electron chi connectivity index (χ0n) is 23.4. The lowest BCUT2D eigenvalue weighted by Gasteiger charge is -2.17. The Morgan fingerprint density at radius 1 is 0.930 bits per heavy atom. The summed E-state index contributed by atoms with van der Waals surface area (Å²) in [5.41, 5.74) is 4.23. The van der Waals surface area contributed by atoms with Crippen molar-refractivity contribution in [2.45, 2.75) is 38.7 Å². The summed E-state index contributed by atoms with van der Waals surface area (Å²) in [6.45, 7) is 4.28. The van der Waals surface area contributed by atoms with Crippen LogP contribution in [0.2, 0.25) is 0 Å². The fourth-order valence-corrected chi connectivity index (χ4v) is 5.88. The molecule has 5 aromatic rings. The molecule has 0 bridgehead atoms. The standard InChI is InChI=1S/C30H26F4N4O4S/c1-17-11-27(38(36-17)22-6-8-23(9-7-22)42-30(32,33)34)24-12-20(5-10-26(24)37-16-18(2)35-19(37)3)21-13-28(39)25(15-31)29(14-21)43(4,40)41/h5-14,16,39H,15H2,1-4H3. The van der Waals surface area contributed by atoms with Crippen molar-refractivity contribution in [2.75, 3.05) is 6.26 Å². The van der Waals surface area contributed by atoms with Crippen molar-refractivity contribution in [1.29, 1.82) is 0 Å². The summed E-state index contributed by atoms with van der Waals surface area (Å²) in [6, 6.07) is 15.0. The monoisotopic (exact) mass is 614 g/mol. The molecule has 2 aromatic heterocycles. The molecule has 0 unspecified atom stereocenters. The molecule has 0 aliphatic rings. The molecule has 43 heavy (non-hydrogen) atoms.